The van der Waals surface area contributed by atoms with Crippen LogP contribution < -0.4 is 10.6 Å². The van der Waals surface area contributed by atoms with E-state index in [0.29, 0.717) is 12.1 Å². The molecule has 1 heterocycles. The summed E-state index contributed by atoms with van der Waals surface area (Å²) in [4.78, 5) is 56.7. The molecule has 1 unspecified atom stereocenters. The van der Waals surface area contributed by atoms with Crippen molar-refractivity contribution in [3.8, 4) is 0 Å². The van der Waals surface area contributed by atoms with E-state index in [2.05, 4.69) is 29.5 Å². The van der Waals surface area contributed by atoms with Crippen LogP contribution in [0.3, 0.4) is 0 Å². The molecular formula is C31H40ClN3O4. The number of H-pyrrole nitrogens is 1. The van der Waals surface area contributed by atoms with Crippen LogP contribution in [-0.2, 0) is 14.4 Å². The Labute approximate surface area is 235 Å². The van der Waals surface area contributed by atoms with Crippen LogP contribution in [-0.4, -0.2) is 46.3 Å². The van der Waals surface area contributed by atoms with Crippen LogP contribution in [0.5, 0.6) is 0 Å². The van der Waals surface area contributed by atoms with Crippen molar-refractivity contribution < 1.29 is 19.2 Å². The number of aromatic amines is 1. The van der Waals surface area contributed by atoms with E-state index in [1.165, 1.54) is 0 Å². The zero-order valence-electron chi connectivity index (χ0n) is 23.3. The number of hydrogen-bond acceptors (Lipinski definition) is 4. The Bertz CT molecular complexity index is 1290. The summed E-state index contributed by atoms with van der Waals surface area (Å²) in [5, 5.41) is 6.94. The molecule has 1 aromatic carbocycles. The number of fused-ring (bicyclic) bond motifs is 2. The minimum atomic E-state index is -0.703. The molecule has 39 heavy (non-hydrogen) atoms. The Morgan fingerprint density at radius 1 is 1.10 bits per heavy atom. The van der Waals surface area contributed by atoms with Crippen LogP contribution in [0.1, 0.15) is 75.3 Å². The molecule has 3 N–H and O–H groups in total. The number of amides is 2. The smallest absolute Gasteiger partial charge is 0.268 e. The Hall–Kier alpha value is -2.67. The van der Waals surface area contributed by atoms with E-state index >= 15 is 0 Å². The second-order valence-electron chi connectivity index (χ2n) is 12.6. The number of alkyl halides is 1. The molecule has 210 valence electrons. The third kappa shape index (κ3) is 5.15. The summed E-state index contributed by atoms with van der Waals surface area (Å²) in [6.45, 7) is 7.94. The van der Waals surface area contributed by atoms with E-state index in [1.807, 2.05) is 31.2 Å². The number of carbonyl (C=O) groups is 4. The van der Waals surface area contributed by atoms with Gasteiger partial charge in [-0.2, -0.15) is 0 Å². The highest BCUT2D eigenvalue weighted by Crippen LogP contribution is 2.71. The monoisotopic (exact) mass is 553 g/mol. The Kier molecular flexibility index (Phi) is 7.66. The molecule has 3 aliphatic rings. The van der Waals surface area contributed by atoms with Gasteiger partial charge in [-0.15, -0.1) is 11.6 Å². The maximum absolute atomic E-state index is 14.3. The summed E-state index contributed by atoms with van der Waals surface area (Å²) in [7, 11) is 0. The maximum Gasteiger partial charge on any atom is 0.268 e. The molecular weight excluding hydrogens is 514 g/mol. The lowest BCUT2D eigenvalue weighted by Crippen LogP contribution is -2.52. The standard InChI is InChI=1S/C31H40ClN3O4/c1-16-9-8-12-22-19(16)14-23(34-22)29(38)35-27(18-10-6-5-7-11-18)28(37)20-13-21-26(31(21,3)4)25(20)30(39)33-17(2)24(36)15-32/h8-9,12,14,17-18,20-21,25-27,34H,5-7,10-11,13,15H2,1-4H3,(H,33,39)(H,35,38)/t17-,20?,21-,25-,26-,27-/m0/s1. The summed E-state index contributed by atoms with van der Waals surface area (Å²) in [6, 6.07) is 6.39. The van der Waals surface area contributed by atoms with Gasteiger partial charge in [-0.25, -0.2) is 0 Å². The molecule has 5 rings (SSSR count). The Balaban J connectivity index is 1.40. The fourth-order valence-corrected chi connectivity index (χ4v) is 7.76. The average molecular weight is 554 g/mol. The fraction of sp³-hybridized carbons (Fsp3) is 0.613. The highest BCUT2D eigenvalue weighted by molar-refractivity contribution is 6.28. The first-order chi connectivity index (χ1) is 18.5. The van der Waals surface area contributed by atoms with Crippen LogP contribution in [0.25, 0.3) is 10.9 Å². The fourth-order valence-electron chi connectivity index (χ4n) is 7.53. The highest BCUT2D eigenvalue weighted by atomic mass is 35.5. The van der Waals surface area contributed by atoms with Crippen LogP contribution >= 0.6 is 11.6 Å². The normalized spacial score (nSPS) is 27.4. The van der Waals surface area contributed by atoms with E-state index in [1.54, 1.807) is 6.92 Å². The van der Waals surface area contributed by atoms with Gasteiger partial charge in [0.25, 0.3) is 5.91 Å². The van der Waals surface area contributed by atoms with Crippen molar-refractivity contribution in [3.63, 3.8) is 0 Å². The van der Waals surface area contributed by atoms with Gasteiger partial charge in [0.1, 0.15) is 5.69 Å². The van der Waals surface area contributed by atoms with Crippen molar-refractivity contribution >= 4 is 45.9 Å². The molecule has 3 fully saturated rings. The number of nitrogens with one attached hydrogen (secondary N) is 3. The molecule has 0 bridgehead atoms. The van der Waals surface area contributed by atoms with E-state index in [9.17, 15) is 19.2 Å². The number of carbonyl (C=O) groups excluding carboxylic acids is 4. The molecule has 3 aliphatic carbocycles. The molecule has 0 saturated heterocycles. The van der Waals surface area contributed by atoms with Gasteiger partial charge < -0.3 is 15.6 Å². The minimum Gasteiger partial charge on any atom is -0.351 e. The number of aryl methyl sites for hydroxylation is 1. The van der Waals surface area contributed by atoms with Crippen molar-refractivity contribution in [2.24, 2.45) is 35.0 Å². The molecule has 2 amide bonds. The van der Waals surface area contributed by atoms with Crippen molar-refractivity contribution in [2.45, 2.75) is 78.3 Å². The van der Waals surface area contributed by atoms with Gasteiger partial charge in [0.05, 0.1) is 23.9 Å². The van der Waals surface area contributed by atoms with Crippen molar-refractivity contribution in [1.82, 2.24) is 15.6 Å². The minimum absolute atomic E-state index is 0.0235. The quantitative estimate of drug-likeness (QED) is 0.382. The number of hydrogen-bond donors (Lipinski definition) is 3. The maximum atomic E-state index is 14.3. The number of benzene rings is 1. The van der Waals surface area contributed by atoms with Gasteiger partial charge in [-0.1, -0.05) is 45.2 Å². The predicted molar refractivity (Wildman–Crippen MR) is 152 cm³/mol. The first kappa shape index (κ1) is 27.9. The Morgan fingerprint density at radius 2 is 1.82 bits per heavy atom. The molecule has 7 nitrogen and oxygen atoms in total. The lowest BCUT2D eigenvalue weighted by Gasteiger charge is -2.34. The highest BCUT2D eigenvalue weighted by Gasteiger charge is 2.70. The van der Waals surface area contributed by atoms with Crippen molar-refractivity contribution in [1.29, 1.82) is 0 Å². The average Bonchev–Trinajstić information content (AvgIpc) is 3.31. The van der Waals surface area contributed by atoms with Crippen LogP contribution in [0.15, 0.2) is 24.3 Å². The summed E-state index contributed by atoms with van der Waals surface area (Å²) in [5.41, 5.74) is 2.37. The van der Waals surface area contributed by atoms with E-state index in [0.717, 1.165) is 48.6 Å². The van der Waals surface area contributed by atoms with E-state index in [4.69, 9.17) is 11.6 Å². The number of ketones is 2. The molecule has 3 saturated carbocycles. The van der Waals surface area contributed by atoms with Gasteiger partial charge in [0.2, 0.25) is 5.91 Å². The number of halogens is 1. The summed E-state index contributed by atoms with van der Waals surface area (Å²) in [6.07, 6.45) is 5.59. The van der Waals surface area contributed by atoms with Gasteiger partial charge in [0.15, 0.2) is 11.6 Å². The van der Waals surface area contributed by atoms with Crippen molar-refractivity contribution in [2.75, 3.05) is 5.88 Å². The van der Waals surface area contributed by atoms with Crippen LogP contribution in [0.2, 0.25) is 0 Å². The number of Topliss-reactive ketones (excluding diaryl/α,β-unsaturated/α-hetero) is 2. The van der Waals surface area contributed by atoms with Gasteiger partial charge in [-0.3, -0.25) is 19.2 Å². The lowest BCUT2D eigenvalue weighted by atomic mass is 9.74. The lowest BCUT2D eigenvalue weighted by molar-refractivity contribution is -0.137. The SMILES string of the molecule is Cc1cccc2[nH]c(C(=O)N[C@H](C(=O)C3C[C@H]4[C@@H]([C@H]3C(=O)N[C@@H](C)C(=O)CCl)C4(C)C)C3CCCCC3)cc12. The molecule has 0 radical (unpaired) electrons. The zero-order valence-corrected chi connectivity index (χ0v) is 24.1. The molecule has 0 spiro atoms. The second-order valence-corrected chi connectivity index (χ2v) is 12.9. The van der Waals surface area contributed by atoms with Crippen molar-refractivity contribution in [3.05, 3.63) is 35.5 Å². The first-order valence-corrected chi connectivity index (χ1v) is 14.9. The topological polar surface area (TPSA) is 108 Å². The number of aromatic nitrogens is 1. The largest absolute Gasteiger partial charge is 0.351 e. The molecule has 8 heteroatoms. The van der Waals surface area contributed by atoms with Crippen LogP contribution in [0.4, 0.5) is 0 Å². The summed E-state index contributed by atoms with van der Waals surface area (Å²) < 4.78 is 0. The third-order valence-electron chi connectivity index (χ3n) is 9.95. The van der Waals surface area contributed by atoms with Gasteiger partial charge >= 0.3 is 0 Å². The third-order valence-corrected chi connectivity index (χ3v) is 10.2. The molecule has 0 aliphatic heterocycles. The second kappa shape index (κ2) is 10.7. The van der Waals surface area contributed by atoms with E-state index < -0.39 is 23.9 Å². The first-order valence-electron chi connectivity index (χ1n) is 14.4. The number of rotatable bonds is 9. The van der Waals surface area contributed by atoms with E-state index in [-0.39, 0.29) is 52.4 Å². The Morgan fingerprint density at radius 3 is 2.49 bits per heavy atom. The summed E-state index contributed by atoms with van der Waals surface area (Å²) >= 11 is 5.71. The molecule has 6 atom stereocenters. The zero-order chi connectivity index (χ0) is 28.1. The molecule has 1 aromatic heterocycles. The van der Waals surface area contributed by atoms with Gasteiger partial charge in [0, 0.05) is 16.8 Å². The summed E-state index contributed by atoms with van der Waals surface area (Å²) in [5.74, 6) is -1.59. The van der Waals surface area contributed by atoms with Crippen LogP contribution in [0, 0.1) is 41.9 Å². The molecule has 2 aromatic rings. The van der Waals surface area contributed by atoms with Gasteiger partial charge in [-0.05, 0) is 74.0 Å². The predicted octanol–water partition coefficient (Wildman–Crippen LogP) is 4.95.